The molecule has 1 N–H and O–H groups in total. The number of cyclic esters (lactones) is 1. The number of ether oxygens (including phenoxy) is 1. The van der Waals surface area contributed by atoms with E-state index in [1.807, 2.05) is 42.5 Å². The molecule has 0 amide bonds. The fourth-order valence-electron chi connectivity index (χ4n) is 3.95. The number of halogens is 1. The molecule has 1 fully saturated rings. The lowest BCUT2D eigenvalue weighted by Crippen LogP contribution is -2.31. The number of aliphatic hydroxyl groups excluding tert-OH is 1. The second-order valence-corrected chi connectivity index (χ2v) is 8.36. The van der Waals surface area contributed by atoms with E-state index in [9.17, 15) is 14.3 Å². The summed E-state index contributed by atoms with van der Waals surface area (Å²) in [5.41, 5.74) is 5.41. The van der Waals surface area contributed by atoms with Crippen LogP contribution in [-0.2, 0) is 9.53 Å². The maximum atomic E-state index is 13.6. The highest BCUT2D eigenvalue weighted by atomic mass is 19.1. The van der Waals surface area contributed by atoms with Crippen LogP contribution in [0.5, 0.6) is 0 Å². The minimum absolute atomic E-state index is 0.0236. The fraction of sp³-hybridized carbons (Fsp3) is 0.259. The Kier molecular flexibility index (Phi) is 6.47. The second-order valence-electron chi connectivity index (χ2n) is 8.36. The molecule has 1 aromatic heterocycles. The number of hydrogen-bond donors (Lipinski definition) is 1. The molecule has 4 nitrogen and oxygen atoms in total. The minimum Gasteiger partial charge on any atom is -0.458 e. The van der Waals surface area contributed by atoms with Gasteiger partial charge in [0.2, 0.25) is 0 Å². The lowest BCUT2D eigenvalue weighted by Gasteiger charge is -2.24. The van der Waals surface area contributed by atoms with E-state index in [1.54, 1.807) is 18.2 Å². The summed E-state index contributed by atoms with van der Waals surface area (Å²) in [7, 11) is 0. The summed E-state index contributed by atoms with van der Waals surface area (Å²) in [5, 5.41) is 9.93. The molecular formula is C27H26FNO3. The Morgan fingerprint density at radius 2 is 1.81 bits per heavy atom. The average Bonchev–Trinajstić information content (AvgIpc) is 2.77. The van der Waals surface area contributed by atoms with E-state index in [0.29, 0.717) is 6.42 Å². The van der Waals surface area contributed by atoms with Gasteiger partial charge in [-0.2, -0.15) is 0 Å². The van der Waals surface area contributed by atoms with Gasteiger partial charge in [0, 0.05) is 17.5 Å². The maximum Gasteiger partial charge on any atom is 0.309 e. The molecule has 164 valence electrons. The zero-order chi connectivity index (χ0) is 22.7. The maximum absolute atomic E-state index is 13.6. The van der Waals surface area contributed by atoms with Crippen LogP contribution in [0.25, 0.3) is 28.5 Å². The van der Waals surface area contributed by atoms with Crippen LogP contribution in [0, 0.1) is 5.82 Å². The van der Waals surface area contributed by atoms with E-state index < -0.39 is 18.2 Å². The molecule has 1 aliphatic heterocycles. The Bertz CT molecular complexity index is 1120. The summed E-state index contributed by atoms with van der Waals surface area (Å²) < 4.78 is 19.0. The van der Waals surface area contributed by atoms with Crippen LogP contribution >= 0.6 is 0 Å². The lowest BCUT2D eigenvalue weighted by molar-refractivity contribution is -0.156. The molecule has 0 spiro atoms. The molecule has 0 unspecified atom stereocenters. The first-order chi connectivity index (χ1) is 15.4. The predicted octanol–water partition coefficient (Wildman–Crippen LogP) is 5.76. The summed E-state index contributed by atoms with van der Waals surface area (Å²) in [4.78, 5) is 16.7. The molecule has 0 aliphatic carbocycles. The highest BCUT2D eigenvalue weighted by Crippen LogP contribution is 2.34. The molecule has 32 heavy (non-hydrogen) atoms. The van der Waals surface area contributed by atoms with Crippen LogP contribution in [0.4, 0.5) is 4.39 Å². The predicted molar refractivity (Wildman–Crippen MR) is 123 cm³/mol. The van der Waals surface area contributed by atoms with Crippen molar-refractivity contribution < 1.29 is 19.0 Å². The second kappa shape index (κ2) is 9.45. The van der Waals surface area contributed by atoms with Crippen LogP contribution < -0.4 is 0 Å². The molecular weight excluding hydrogens is 405 g/mol. The van der Waals surface area contributed by atoms with Crippen molar-refractivity contribution in [3.8, 4) is 22.4 Å². The zero-order valence-electron chi connectivity index (χ0n) is 18.2. The highest BCUT2D eigenvalue weighted by molar-refractivity contribution is 5.81. The van der Waals surface area contributed by atoms with Crippen molar-refractivity contribution in [1.29, 1.82) is 0 Å². The van der Waals surface area contributed by atoms with Gasteiger partial charge in [-0.3, -0.25) is 9.78 Å². The third-order valence-corrected chi connectivity index (χ3v) is 5.53. The van der Waals surface area contributed by atoms with Crippen LogP contribution in [-0.4, -0.2) is 28.3 Å². The Labute approximate surface area is 187 Å². The van der Waals surface area contributed by atoms with Crippen molar-refractivity contribution in [2.24, 2.45) is 0 Å². The standard InChI is InChI=1S/C27H26FNO3/c1-17(2)27-23(13-12-22-14-21(30)15-26(31)32-22)24(18-8-10-20(28)11-9-18)16-25(29-27)19-6-4-3-5-7-19/h3-13,16-17,21-22,30H,14-15H2,1-2H3/t21-,22-/m0/s1. The number of benzene rings is 2. The topological polar surface area (TPSA) is 59.4 Å². The van der Waals surface area contributed by atoms with Gasteiger partial charge in [-0.15, -0.1) is 0 Å². The molecule has 2 heterocycles. The fourth-order valence-corrected chi connectivity index (χ4v) is 3.95. The number of pyridine rings is 1. The van der Waals surface area contributed by atoms with Crippen molar-refractivity contribution in [3.63, 3.8) is 0 Å². The molecule has 1 aliphatic rings. The largest absolute Gasteiger partial charge is 0.458 e. The first-order valence-electron chi connectivity index (χ1n) is 10.8. The summed E-state index contributed by atoms with van der Waals surface area (Å²) >= 11 is 0. The van der Waals surface area contributed by atoms with Crippen molar-refractivity contribution in [2.75, 3.05) is 0 Å². The summed E-state index contributed by atoms with van der Waals surface area (Å²) in [5.74, 6) is -0.578. The Balaban J connectivity index is 1.85. The molecule has 5 heteroatoms. The number of rotatable bonds is 5. The van der Waals surface area contributed by atoms with E-state index in [4.69, 9.17) is 9.72 Å². The van der Waals surface area contributed by atoms with Gasteiger partial charge in [0.1, 0.15) is 11.9 Å². The zero-order valence-corrected chi connectivity index (χ0v) is 18.2. The number of carbonyl (C=O) groups is 1. The minimum atomic E-state index is -0.703. The molecule has 0 saturated carbocycles. The van der Waals surface area contributed by atoms with Crippen molar-refractivity contribution in [1.82, 2.24) is 4.98 Å². The Hall–Kier alpha value is -3.31. The van der Waals surface area contributed by atoms with Gasteiger partial charge >= 0.3 is 5.97 Å². The monoisotopic (exact) mass is 431 g/mol. The third-order valence-electron chi connectivity index (χ3n) is 5.53. The van der Waals surface area contributed by atoms with Gasteiger partial charge in [-0.05, 0) is 41.3 Å². The number of hydrogen-bond acceptors (Lipinski definition) is 4. The van der Waals surface area contributed by atoms with E-state index in [2.05, 4.69) is 13.8 Å². The normalized spacial score (nSPS) is 18.8. The van der Waals surface area contributed by atoms with Gasteiger partial charge < -0.3 is 9.84 Å². The average molecular weight is 432 g/mol. The number of aliphatic hydroxyl groups is 1. The SMILES string of the molecule is CC(C)c1nc(-c2ccccc2)cc(-c2ccc(F)cc2)c1C=C[C@H]1C[C@H](O)CC(=O)O1. The summed E-state index contributed by atoms with van der Waals surface area (Å²) in [6, 6.07) is 18.3. The van der Waals surface area contributed by atoms with Gasteiger partial charge in [-0.25, -0.2) is 4.39 Å². The van der Waals surface area contributed by atoms with Crippen molar-refractivity contribution >= 4 is 12.0 Å². The smallest absolute Gasteiger partial charge is 0.309 e. The number of nitrogens with zero attached hydrogens (tertiary/aromatic N) is 1. The van der Waals surface area contributed by atoms with E-state index in [-0.39, 0.29) is 18.2 Å². The van der Waals surface area contributed by atoms with Gasteiger partial charge in [-0.1, -0.05) is 62.4 Å². The molecule has 0 radical (unpaired) electrons. The third kappa shape index (κ3) is 4.94. The van der Waals surface area contributed by atoms with Gasteiger partial charge in [0.05, 0.1) is 23.9 Å². The molecule has 3 aromatic rings. The number of carbonyl (C=O) groups excluding carboxylic acids is 1. The van der Waals surface area contributed by atoms with Gasteiger partial charge in [0.25, 0.3) is 0 Å². The lowest BCUT2D eigenvalue weighted by atomic mass is 9.91. The highest BCUT2D eigenvalue weighted by Gasteiger charge is 2.25. The molecule has 0 bridgehead atoms. The van der Waals surface area contributed by atoms with Crippen LogP contribution in [0.15, 0.2) is 66.7 Å². The van der Waals surface area contributed by atoms with Crippen LogP contribution in [0.2, 0.25) is 0 Å². The molecule has 2 aromatic carbocycles. The van der Waals surface area contributed by atoms with Crippen LogP contribution in [0.1, 0.15) is 43.9 Å². The Morgan fingerprint density at radius 3 is 2.47 bits per heavy atom. The van der Waals surface area contributed by atoms with E-state index in [0.717, 1.165) is 33.6 Å². The van der Waals surface area contributed by atoms with Crippen molar-refractivity contribution in [3.05, 3.63) is 83.8 Å². The van der Waals surface area contributed by atoms with E-state index >= 15 is 0 Å². The van der Waals surface area contributed by atoms with Gasteiger partial charge in [0.15, 0.2) is 0 Å². The van der Waals surface area contributed by atoms with Crippen LogP contribution in [0.3, 0.4) is 0 Å². The number of esters is 1. The van der Waals surface area contributed by atoms with Crippen molar-refractivity contribution in [2.45, 2.75) is 44.8 Å². The number of aromatic nitrogens is 1. The summed E-state index contributed by atoms with van der Waals surface area (Å²) in [6.45, 7) is 4.15. The first kappa shape index (κ1) is 21.9. The Morgan fingerprint density at radius 1 is 1.09 bits per heavy atom. The van der Waals surface area contributed by atoms with E-state index in [1.165, 1.54) is 12.1 Å². The first-order valence-corrected chi connectivity index (χ1v) is 10.8. The molecule has 4 rings (SSSR count). The quantitative estimate of drug-likeness (QED) is 0.522. The molecule has 2 atom stereocenters. The molecule has 1 saturated heterocycles. The summed E-state index contributed by atoms with van der Waals surface area (Å²) in [6.07, 6.45) is 2.90.